The van der Waals surface area contributed by atoms with Crippen LogP contribution >= 0.6 is 0 Å². The molecule has 2 N–H and O–H groups in total. The van der Waals surface area contributed by atoms with Crippen LogP contribution in [-0.2, 0) is 0 Å². The summed E-state index contributed by atoms with van der Waals surface area (Å²) in [4.78, 5) is 14.2. The highest BCUT2D eigenvalue weighted by Crippen LogP contribution is 2.31. The number of β-amino-alcohol motifs (C(OH)–C–C–N with tert-alkyl or cyclic N) is 1. The molecule has 0 bridgehead atoms. The molecule has 6 nitrogen and oxygen atoms in total. The Hall–Kier alpha value is -2.34. The second kappa shape index (κ2) is 6.42. The lowest BCUT2D eigenvalue weighted by molar-refractivity contribution is 0.0640. The minimum Gasteiger partial charge on any atom is -0.391 e. The molecule has 3 rings (SSSR count). The number of piperidine rings is 1. The van der Waals surface area contributed by atoms with E-state index in [4.69, 9.17) is 4.52 Å². The average molecular weight is 315 g/mol. The second-order valence-electron chi connectivity index (χ2n) is 6.17. The van der Waals surface area contributed by atoms with Gasteiger partial charge in [-0.05, 0) is 19.3 Å². The zero-order valence-electron chi connectivity index (χ0n) is 13.3. The largest absolute Gasteiger partial charge is 0.391 e. The van der Waals surface area contributed by atoms with Crippen molar-refractivity contribution in [1.82, 2.24) is 10.1 Å². The summed E-state index contributed by atoms with van der Waals surface area (Å²) in [6.45, 7) is 4.80. The Kier molecular flexibility index (Phi) is 4.34. The summed E-state index contributed by atoms with van der Waals surface area (Å²) >= 11 is 0. The molecule has 0 aliphatic carbocycles. The van der Waals surface area contributed by atoms with Crippen LogP contribution in [0.2, 0.25) is 0 Å². The van der Waals surface area contributed by atoms with Gasteiger partial charge in [0, 0.05) is 18.7 Å². The number of urea groups is 1. The SMILES string of the molecule is Cc1noc(-c2ccccc2)c1NC(=O)N1C[C@H](C)C[C@H](O)C1. The predicted octanol–water partition coefficient (Wildman–Crippen LogP) is 2.88. The maximum atomic E-state index is 12.5. The first kappa shape index (κ1) is 15.6. The molecule has 0 radical (unpaired) electrons. The van der Waals surface area contributed by atoms with Crippen molar-refractivity contribution in [2.75, 3.05) is 18.4 Å². The van der Waals surface area contributed by atoms with Crippen molar-refractivity contribution >= 4 is 11.7 Å². The number of nitrogens with zero attached hydrogens (tertiary/aromatic N) is 2. The Bertz CT molecular complexity index is 674. The molecule has 2 amide bonds. The van der Waals surface area contributed by atoms with Crippen LogP contribution in [0.1, 0.15) is 19.0 Å². The topological polar surface area (TPSA) is 78.6 Å². The quantitative estimate of drug-likeness (QED) is 0.893. The van der Waals surface area contributed by atoms with Crippen molar-refractivity contribution in [2.45, 2.75) is 26.4 Å². The van der Waals surface area contributed by atoms with Gasteiger partial charge in [0.25, 0.3) is 0 Å². The molecule has 0 unspecified atom stereocenters. The van der Waals surface area contributed by atoms with E-state index >= 15 is 0 Å². The molecule has 0 spiro atoms. The van der Waals surface area contributed by atoms with E-state index in [-0.39, 0.29) is 11.9 Å². The van der Waals surface area contributed by atoms with E-state index < -0.39 is 6.10 Å². The lowest BCUT2D eigenvalue weighted by Crippen LogP contribution is -2.47. The van der Waals surface area contributed by atoms with Crippen molar-refractivity contribution in [3.05, 3.63) is 36.0 Å². The van der Waals surface area contributed by atoms with Gasteiger partial charge in [-0.3, -0.25) is 0 Å². The van der Waals surface area contributed by atoms with Crippen molar-refractivity contribution in [3.8, 4) is 11.3 Å². The van der Waals surface area contributed by atoms with E-state index in [0.717, 1.165) is 12.0 Å². The first-order valence-electron chi connectivity index (χ1n) is 7.80. The van der Waals surface area contributed by atoms with E-state index in [1.807, 2.05) is 37.3 Å². The van der Waals surface area contributed by atoms with Gasteiger partial charge >= 0.3 is 6.03 Å². The standard InChI is InChI=1S/C17H21N3O3/c1-11-8-14(21)10-20(9-11)17(22)18-15-12(2)19-23-16(15)13-6-4-3-5-7-13/h3-7,11,14,21H,8-10H2,1-2H3,(H,18,22)/t11-,14+/m1/s1. The molecule has 2 aromatic rings. The number of anilines is 1. The molecule has 122 valence electrons. The van der Waals surface area contributed by atoms with Crippen LogP contribution in [0.15, 0.2) is 34.9 Å². The summed E-state index contributed by atoms with van der Waals surface area (Å²) < 4.78 is 5.38. The highest BCUT2D eigenvalue weighted by Gasteiger charge is 2.28. The van der Waals surface area contributed by atoms with Crippen molar-refractivity contribution in [3.63, 3.8) is 0 Å². The first-order valence-corrected chi connectivity index (χ1v) is 7.80. The summed E-state index contributed by atoms with van der Waals surface area (Å²) in [5.41, 5.74) is 2.06. The molecule has 2 atom stereocenters. The number of hydrogen-bond donors (Lipinski definition) is 2. The number of carbonyl (C=O) groups is 1. The molecule has 6 heteroatoms. The normalized spacial score (nSPS) is 21.3. The summed E-state index contributed by atoms with van der Waals surface area (Å²) in [5, 5.41) is 16.7. The summed E-state index contributed by atoms with van der Waals surface area (Å²) in [6, 6.07) is 9.30. The van der Waals surface area contributed by atoms with Crippen LogP contribution in [0, 0.1) is 12.8 Å². The smallest absolute Gasteiger partial charge is 0.322 e. The minimum absolute atomic E-state index is 0.237. The summed E-state index contributed by atoms with van der Waals surface area (Å²) in [6.07, 6.45) is 0.257. The third kappa shape index (κ3) is 3.37. The van der Waals surface area contributed by atoms with Crippen LogP contribution in [-0.4, -0.2) is 40.4 Å². The minimum atomic E-state index is -0.471. The Balaban J connectivity index is 1.80. The molecule has 1 aromatic heterocycles. The number of rotatable bonds is 2. The number of carbonyl (C=O) groups excluding carboxylic acids is 1. The van der Waals surface area contributed by atoms with Crippen LogP contribution in [0.4, 0.5) is 10.5 Å². The van der Waals surface area contributed by atoms with Gasteiger partial charge in [-0.1, -0.05) is 42.4 Å². The monoisotopic (exact) mass is 315 g/mol. The van der Waals surface area contributed by atoms with Gasteiger partial charge in [-0.15, -0.1) is 0 Å². The fourth-order valence-corrected chi connectivity index (χ4v) is 2.97. The summed E-state index contributed by atoms with van der Waals surface area (Å²) in [5.74, 6) is 0.823. The van der Waals surface area contributed by atoms with E-state index in [1.54, 1.807) is 11.8 Å². The fraction of sp³-hybridized carbons (Fsp3) is 0.412. The van der Waals surface area contributed by atoms with Gasteiger partial charge in [0.05, 0.1) is 6.10 Å². The Morgan fingerprint density at radius 1 is 1.35 bits per heavy atom. The number of benzene rings is 1. The predicted molar refractivity (Wildman–Crippen MR) is 87.1 cm³/mol. The molecule has 1 saturated heterocycles. The summed E-state index contributed by atoms with van der Waals surface area (Å²) in [7, 11) is 0. The third-order valence-corrected chi connectivity index (χ3v) is 4.06. The molecule has 0 saturated carbocycles. The maximum Gasteiger partial charge on any atom is 0.322 e. The van der Waals surface area contributed by atoms with Gasteiger partial charge in [0.2, 0.25) is 0 Å². The Morgan fingerprint density at radius 3 is 2.78 bits per heavy atom. The van der Waals surface area contributed by atoms with Gasteiger partial charge in [-0.2, -0.15) is 0 Å². The number of aliphatic hydroxyl groups excluding tert-OH is 1. The van der Waals surface area contributed by atoms with Gasteiger partial charge < -0.3 is 19.8 Å². The highest BCUT2D eigenvalue weighted by atomic mass is 16.5. The molecule has 1 aromatic carbocycles. The number of aliphatic hydroxyl groups is 1. The molecule has 1 aliphatic heterocycles. The number of likely N-dealkylation sites (tertiary alicyclic amines) is 1. The van der Waals surface area contributed by atoms with Crippen molar-refractivity contribution in [2.24, 2.45) is 5.92 Å². The molecular formula is C17H21N3O3. The average Bonchev–Trinajstić information content (AvgIpc) is 2.88. The molecular weight excluding hydrogens is 294 g/mol. The molecule has 2 heterocycles. The zero-order chi connectivity index (χ0) is 16.4. The number of aryl methyl sites for hydroxylation is 1. The van der Waals surface area contributed by atoms with Gasteiger partial charge in [0.15, 0.2) is 5.76 Å². The van der Waals surface area contributed by atoms with Crippen molar-refractivity contribution in [1.29, 1.82) is 0 Å². The molecule has 1 fully saturated rings. The van der Waals surface area contributed by atoms with Gasteiger partial charge in [-0.25, -0.2) is 4.79 Å². The van der Waals surface area contributed by atoms with Crippen LogP contribution in [0.5, 0.6) is 0 Å². The number of aromatic nitrogens is 1. The second-order valence-corrected chi connectivity index (χ2v) is 6.17. The zero-order valence-corrected chi connectivity index (χ0v) is 13.3. The fourth-order valence-electron chi connectivity index (χ4n) is 2.97. The van der Waals surface area contributed by atoms with Crippen molar-refractivity contribution < 1.29 is 14.4 Å². The van der Waals surface area contributed by atoms with E-state index in [9.17, 15) is 9.90 Å². The van der Waals surface area contributed by atoms with E-state index in [2.05, 4.69) is 10.5 Å². The Labute approximate surface area is 135 Å². The van der Waals surface area contributed by atoms with Crippen LogP contribution < -0.4 is 5.32 Å². The van der Waals surface area contributed by atoms with Gasteiger partial charge in [0.1, 0.15) is 11.4 Å². The van der Waals surface area contributed by atoms with E-state index in [1.165, 1.54) is 0 Å². The molecule has 23 heavy (non-hydrogen) atoms. The molecule has 1 aliphatic rings. The highest BCUT2D eigenvalue weighted by molar-refractivity contribution is 5.94. The van der Waals surface area contributed by atoms with Crippen LogP contribution in [0.3, 0.4) is 0 Å². The Morgan fingerprint density at radius 2 is 2.09 bits per heavy atom. The van der Waals surface area contributed by atoms with Crippen LogP contribution in [0.25, 0.3) is 11.3 Å². The maximum absolute atomic E-state index is 12.5. The van der Waals surface area contributed by atoms with E-state index in [0.29, 0.717) is 30.2 Å². The third-order valence-electron chi connectivity index (χ3n) is 4.06. The lowest BCUT2D eigenvalue weighted by atomic mass is 9.98. The lowest BCUT2D eigenvalue weighted by Gasteiger charge is -2.34. The first-order chi connectivity index (χ1) is 11.0. The number of amides is 2. The number of hydrogen-bond acceptors (Lipinski definition) is 4. The number of nitrogens with one attached hydrogen (secondary N) is 1.